The first-order valence-electron chi connectivity index (χ1n) is 8.06. The molecule has 1 saturated carbocycles. The van der Waals surface area contributed by atoms with E-state index in [9.17, 15) is 14.7 Å². The van der Waals surface area contributed by atoms with Crippen molar-refractivity contribution >= 4 is 11.6 Å². The maximum absolute atomic E-state index is 12.7. The monoisotopic (exact) mass is 304 g/mol. The number of ketones is 2. The van der Waals surface area contributed by atoms with Gasteiger partial charge in [0.2, 0.25) is 5.78 Å². The molecule has 0 aromatic carbocycles. The summed E-state index contributed by atoms with van der Waals surface area (Å²) in [5, 5.41) is 9.90. The molecule has 0 heterocycles. The highest BCUT2D eigenvalue weighted by Gasteiger charge is 2.55. The SMILES string of the molecule is COC1=CC(=O)C2=C(CC[C@H]3[C@](C)(CO)CCC[C@]23C)C1=O. The standard InChI is InChI=1S/C18H24O4/c1-17(10-19)7-4-8-18(2)14(17)6-5-11-15(18)12(20)9-13(22-3)16(11)21/h9,14,19H,4-8,10H2,1-3H3/t14-,17-,18-/m0/s1. The van der Waals surface area contributed by atoms with Gasteiger partial charge in [-0.2, -0.15) is 0 Å². The summed E-state index contributed by atoms with van der Waals surface area (Å²) in [5.41, 5.74) is 0.852. The number of rotatable bonds is 2. The van der Waals surface area contributed by atoms with Crippen LogP contribution in [0.4, 0.5) is 0 Å². The van der Waals surface area contributed by atoms with E-state index >= 15 is 0 Å². The summed E-state index contributed by atoms with van der Waals surface area (Å²) in [6.45, 7) is 4.36. The summed E-state index contributed by atoms with van der Waals surface area (Å²) in [6, 6.07) is 0. The van der Waals surface area contributed by atoms with Gasteiger partial charge in [-0.1, -0.05) is 20.3 Å². The van der Waals surface area contributed by atoms with E-state index in [0.717, 1.165) is 25.7 Å². The minimum atomic E-state index is -0.314. The van der Waals surface area contributed by atoms with Crippen LogP contribution in [0, 0.1) is 16.7 Å². The van der Waals surface area contributed by atoms with E-state index in [-0.39, 0.29) is 40.7 Å². The average molecular weight is 304 g/mol. The highest BCUT2D eigenvalue weighted by atomic mass is 16.5. The second-order valence-electron chi connectivity index (χ2n) is 7.43. The number of allylic oxidation sites excluding steroid dienone is 3. The summed E-state index contributed by atoms with van der Waals surface area (Å²) < 4.78 is 5.07. The topological polar surface area (TPSA) is 63.6 Å². The van der Waals surface area contributed by atoms with E-state index in [2.05, 4.69) is 13.8 Å². The summed E-state index contributed by atoms with van der Waals surface area (Å²) >= 11 is 0. The molecule has 0 radical (unpaired) electrons. The number of hydrogen-bond donors (Lipinski definition) is 1. The van der Waals surface area contributed by atoms with Crippen molar-refractivity contribution in [3.8, 4) is 0 Å². The molecule has 22 heavy (non-hydrogen) atoms. The normalized spacial score (nSPS) is 38.4. The zero-order valence-electron chi connectivity index (χ0n) is 13.6. The Labute approximate surface area is 131 Å². The number of Topliss-reactive ketones (excluding diaryl/α,β-unsaturated/α-hetero) is 1. The molecule has 0 bridgehead atoms. The molecule has 3 atom stereocenters. The van der Waals surface area contributed by atoms with Gasteiger partial charge in [0.25, 0.3) is 0 Å². The van der Waals surface area contributed by atoms with Gasteiger partial charge in [0.15, 0.2) is 11.5 Å². The molecular formula is C18H24O4. The van der Waals surface area contributed by atoms with E-state index < -0.39 is 0 Å². The molecular weight excluding hydrogens is 280 g/mol. The fourth-order valence-electron chi connectivity index (χ4n) is 5.11. The van der Waals surface area contributed by atoms with Crippen LogP contribution in [0.3, 0.4) is 0 Å². The molecule has 0 saturated heterocycles. The zero-order valence-corrected chi connectivity index (χ0v) is 13.6. The number of aliphatic hydroxyl groups excluding tert-OH is 1. The van der Waals surface area contributed by atoms with E-state index in [1.807, 2.05) is 0 Å². The maximum Gasteiger partial charge on any atom is 0.224 e. The Kier molecular flexibility index (Phi) is 3.55. The summed E-state index contributed by atoms with van der Waals surface area (Å²) in [4.78, 5) is 25.2. The van der Waals surface area contributed by atoms with Crippen molar-refractivity contribution in [1.29, 1.82) is 0 Å². The highest BCUT2D eigenvalue weighted by molar-refractivity contribution is 6.22. The van der Waals surface area contributed by atoms with Crippen LogP contribution < -0.4 is 0 Å². The largest absolute Gasteiger partial charge is 0.493 e. The number of methoxy groups -OCH3 is 1. The fraction of sp³-hybridized carbons (Fsp3) is 0.667. The number of aliphatic hydroxyl groups is 1. The van der Waals surface area contributed by atoms with Gasteiger partial charge in [-0.15, -0.1) is 0 Å². The lowest BCUT2D eigenvalue weighted by atomic mass is 9.49. The summed E-state index contributed by atoms with van der Waals surface area (Å²) in [7, 11) is 1.43. The molecule has 0 spiro atoms. The molecule has 120 valence electrons. The Morgan fingerprint density at radius 2 is 2.05 bits per heavy atom. The summed E-state index contributed by atoms with van der Waals surface area (Å²) in [6.07, 6.45) is 5.66. The number of ether oxygens (including phenoxy) is 1. The van der Waals surface area contributed by atoms with Crippen molar-refractivity contribution < 1.29 is 19.4 Å². The smallest absolute Gasteiger partial charge is 0.224 e. The van der Waals surface area contributed by atoms with Gasteiger partial charge in [0, 0.05) is 29.2 Å². The minimum Gasteiger partial charge on any atom is -0.493 e. The molecule has 1 N–H and O–H groups in total. The fourth-order valence-corrected chi connectivity index (χ4v) is 5.11. The third-order valence-electron chi connectivity index (χ3n) is 6.20. The molecule has 0 amide bonds. The third kappa shape index (κ3) is 1.93. The molecule has 0 aliphatic heterocycles. The van der Waals surface area contributed by atoms with E-state index in [1.54, 1.807) is 0 Å². The van der Waals surface area contributed by atoms with Crippen molar-refractivity contribution in [2.45, 2.75) is 46.0 Å². The van der Waals surface area contributed by atoms with Crippen LogP contribution in [0.25, 0.3) is 0 Å². The number of carbonyl (C=O) groups excluding carboxylic acids is 2. The van der Waals surface area contributed by atoms with Crippen LogP contribution in [0.2, 0.25) is 0 Å². The Bertz CT molecular complexity index is 600. The van der Waals surface area contributed by atoms with Crippen LogP contribution >= 0.6 is 0 Å². The van der Waals surface area contributed by atoms with Crippen molar-refractivity contribution in [2.75, 3.05) is 13.7 Å². The van der Waals surface area contributed by atoms with Crippen molar-refractivity contribution in [1.82, 2.24) is 0 Å². The highest BCUT2D eigenvalue weighted by Crippen LogP contribution is 2.60. The van der Waals surface area contributed by atoms with E-state index in [0.29, 0.717) is 17.6 Å². The lowest BCUT2D eigenvalue weighted by molar-refractivity contribution is -0.121. The number of hydrogen-bond acceptors (Lipinski definition) is 4. The lowest BCUT2D eigenvalue weighted by Gasteiger charge is -2.55. The quantitative estimate of drug-likeness (QED) is 0.796. The third-order valence-corrected chi connectivity index (χ3v) is 6.20. The molecule has 4 heteroatoms. The molecule has 3 rings (SSSR count). The zero-order chi connectivity index (χ0) is 16.1. The van der Waals surface area contributed by atoms with Gasteiger partial charge in [0.1, 0.15) is 0 Å². The van der Waals surface area contributed by atoms with Crippen molar-refractivity contribution in [2.24, 2.45) is 16.7 Å². The van der Waals surface area contributed by atoms with Crippen LogP contribution in [0.1, 0.15) is 46.0 Å². The molecule has 0 aromatic rings. The van der Waals surface area contributed by atoms with Gasteiger partial charge < -0.3 is 9.84 Å². The Morgan fingerprint density at radius 3 is 2.68 bits per heavy atom. The predicted molar refractivity (Wildman–Crippen MR) is 82.0 cm³/mol. The summed E-state index contributed by atoms with van der Waals surface area (Å²) in [5.74, 6) is 0.187. The van der Waals surface area contributed by atoms with Crippen LogP contribution in [0.15, 0.2) is 23.0 Å². The van der Waals surface area contributed by atoms with Gasteiger partial charge in [0.05, 0.1) is 7.11 Å². The Morgan fingerprint density at radius 1 is 1.32 bits per heavy atom. The van der Waals surface area contributed by atoms with Crippen molar-refractivity contribution in [3.63, 3.8) is 0 Å². The van der Waals surface area contributed by atoms with Gasteiger partial charge in [-0.25, -0.2) is 0 Å². The first-order chi connectivity index (χ1) is 10.4. The molecule has 4 nitrogen and oxygen atoms in total. The van der Waals surface area contributed by atoms with Crippen LogP contribution in [-0.2, 0) is 14.3 Å². The van der Waals surface area contributed by atoms with Gasteiger partial charge in [-0.05, 0) is 37.0 Å². The van der Waals surface area contributed by atoms with Gasteiger partial charge >= 0.3 is 0 Å². The second-order valence-corrected chi connectivity index (χ2v) is 7.43. The molecule has 3 aliphatic rings. The van der Waals surface area contributed by atoms with Crippen LogP contribution in [-0.4, -0.2) is 30.4 Å². The maximum atomic E-state index is 12.7. The first kappa shape index (κ1) is 15.5. The van der Waals surface area contributed by atoms with Gasteiger partial charge in [-0.3, -0.25) is 9.59 Å². The van der Waals surface area contributed by atoms with E-state index in [4.69, 9.17) is 4.74 Å². The molecule has 3 aliphatic carbocycles. The van der Waals surface area contributed by atoms with E-state index in [1.165, 1.54) is 13.2 Å². The Balaban J connectivity index is 2.10. The van der Waals surface area contributed by atoms with Crippen molar-refractivity contribution in [3.05, 3.63) is 23.0 Å². The predicted octanol–water partition coefficient (Wildman–Crippen LogP) is 2.56. The molecule has 1 fully saturated rings. The minimum absolute atomic E-state index is 0.0826. The average Bonchev–Trinajstić information content (AvgIpc) is 2.49. The number of fused-ring (bicyclic) bond motifs is 2. The molecule has 0 unspecified atom stereocenters. The second kappa shape index (κ2) is 5.05. The molecule has 0 aromatic heterocycles. The lowest BCUT2D eigenvalue weighted by Crippen LogP contribution is -2.50. The van der Waals surface area contributed by atoms with Crippen LogP contribution in [0.5, 0.6) is 0 Å². The Hall–Kier alpha value is -1.42. The number of carbonyl (C=O) groups is 2. The first-order valence-corrected chi connectivity index (χ1v) is 8.06.